The van der Waals surface area contributed by atoms with Crippen LogP contribution in [0.1, 0.15) is 0 Å². The van der Waals surface area contributed by atoms with Gasteiger partial charge in [0, 0.05) is 12.4 Å². The summed E-state index contributed by atoms with van der Waals surface area (Å²) in [6.07, 6.45) is 4.55. The monoisotopic (exact) mass is 148 g/mol. The van der Waals surface area contributed by atoms with E-state index in [4.69, 9.17) is 4.52 Å². The van der Waals surface area contributed by atoms with E-state index in [9.17, 15) is 0 Å². The Bertz CT molecular complexity index is 318. The summed E-state index contributed by atoms with van der Waals surface area (Å²) < 4.78 is 4.73. The Morgan fingerprint density at radius 2 is 1.91 bits per heavy atom. The van der Waals surface area contributed by atoms with Gasteiger partial charge >= 0.3 is 0 Å². The average Bonchev–Trinajstić information content (AvgIpc) is 2.58. The molecule has 0 radical (unpaired) electrons. The zero-order chi connectivity index (χ0) is 7.52. The lowest BCUT2D eigenvalue weighted by atomic mass is 10.5. The molecule has 0 aromatic carbocycles. The topological polar surface area (TPSA) is 64.7 Å². The molecule has 0 fully saturated rings. The molecule has 0 amide bonds. The van der Waals surface area contributed by atoms with Crippen molar-refractivity contribution < 1.29 is 4.52 Å². The third-order valence-electron chi connectivity index (χ3n) is 1.12. The summed E-state index contributed by atoms with van der Waals surface area (Å²) in [5, 5.41) is 3.43. The minimum Gasteiger partial charge on any atom is -0.331 e. The van der Waals surface area contributed by atoms with Gasteiger partial charge in [0.15, 0.2) is 6.33 Å². The Morgan fingerprint density at radius 3 is 2.55 bits per heavy atom. The highest BCUT2D eigenvalue weighted by Gasteiger charge is 2.03. The summed E-state index contributed by atoms with van der Waals surface area (Å²) in [7, 11) is 0. The van der Waals surface area contributed by atoms with Gasteiger partial charge in [0.25, 0.3) is 5.89 Å². The van der Waals surface area contributed by atoms with Gasteiger partial charge in [0.05, 0.1) is 0 Å². The lowest BCUT2D eigenvalue weighted by molar-refractivity contribution is 0.427. The fourth-order valence-corrected chi connectivity index (χ4v) is 0.681. The molecule has 0 unspecified atom stereocenters. The van der Waals surface area contributed by atoms with E-state index in [2.05, 4.69) is 20.1 Å². The van der Waals surface area contributed by atoms with Crippen molar-refractivity contribution in [2.75, 3.05) is 0 Å². The molecule has 2 aromatic heterocycles. The Hall–Kier alpha value is -1.78. The van der Waals surface area contributed by atoms with E-state index in [1.54, 1.807) is 18.5 Å². The van der Waals surface area contributed by atoms with Gasteiger partial charge in [-0.3, -0.25) is 0 Å². The maximum absolute atomic E-state index is 4.73. The molecular weight excluding hydrogens is 144 g/mol. The number of hydrogen-bond acceptors (Lipinski definition) is 5. The lowest BCUT2D eigenvalue weighted by Gasteiger charge is -1.87. The second-order valence-corrected chi connectivity index (χ2v) is 1.82. The van der Waals surface area contributed by atoms with Gasteiger partial charge in [0.2, 0.25) is 5.82 Å². The van der Waals surface area contributed by atoms with Crippen molar-refractivity contribution in [3.05, 3.63) is 24.8 Å². The summed E-state index contributed by atoms with van der Waals surface area (Å²) in [5.74, 6) is 0.788. The highest BCUT2D eigenvalue weighted by molar-refractivity contribution is 5.37. The fourth-order valence-electron chi connectivity index (χ4n) is 0.681. The van der Waals surface area contributed by atoms with Crippen LogP contribution in [0.4, 0.5) is 0 Å². The molecular formula is C6H4N4O. The first kappa shape index (κ1) is 5.96. The SMILES string of the molecule is c1cnc(-c2ncno2)nc1. The molecule has 0 bridgehead atoms. The van der Waals surface area contributed by atoms with E-state index in [-0.39, 0.29) is 0 Å². The Balaban J connectivity index is 2.46. The summed E-state index contributed by atoms with van der Waals surface area (Å²) in [6, 6.07) is 1.72. The molecule has 0 aliphatic rings. The van der Waals surface area contributed by atoms with Crippen LogP contribution in [-0.2, 0) is 0 Å². The standard InChI is InChI=1S/C6H4N4O/c1-2-7-5(8-3-1)6-9-4-10-11-6/h1-4H. The molecule has 2 heterocycles. The number of nitrogens with zero attached hydrogens (tertiary/aromatic N) is 4. The maximum Gasteiger partial charge on any atom is 0.295 e. The molecule has 2 rings (SSSR count). The zero-order valence-corrected chi connectivity index (χ0v) is 5.51. The first-order valence-corrected chi connectivity index (χ1v) is 3.01. The van der Waals surface area contributed by atoms with Crippen molar-refractivity contribution in [2.45, 2.75) is 0 Å². The average molecular weight is 148 g/mol. The number of aromatic nitrogens is 4. The molecule has 0 saturated heterocycles. The third kappa shape index (κ3) is 1.07. The number of rotatable bonds is 1. The van der Waals surface area contributed by atoms with E-state index in [1.807, 2.05) is 0 Å². The van der Waals surface area contributed by atoms with E-state index in [0.29, 0.717) is 11.7 Å². The molecule has 0 spiro atoms. The van der Waals surface area contributed by atoms with Crippen molar-refractivity contribution >= 4 is 0 Å². The largest absolute Gasteiger partial charge is 0.331 e. The fraction of sp³-hybridized carbons (Fsp3) is 0. The Kier molecular flexibility index (Phi) is 1.33. The van der Waals surface area contributed by atoms with Crippen molar-refractivity contribution in [1.82, 2.24) is 20.1 Å². The maximum atomic E-state index is 4.73. The van der Waals surface area contributed by atoms with Crippen LogP contribution < -0.4 is 0 Å². The van der Waals surface area contributed by atoms with Gasteiger partial charge in [-0.25, -0.2) is 9.97 Å². The predicted octanol–water partition coefficient (Wildman–Crippen LogP) is 0.527. The zero-order valence-electron chi connectivity index (χ0n) is 5.51. The molecule has 0 atom stereocenters. The van der Waals surface area contributed by atoms with Crippen LogP contribution in [0.5, 0.6) is 0 Å². The summed E-state index contributed by atoms with van der Waals surface area (Å²) in [5.41, 5.74) is 0. The second kappa shape index (κ2) is 2.45. The van der Waals surface area contributed by atoms with E-state index >= 15 is 0 Å². The molecule has 54 valence electrons. The quantitative estimate of drug-likeness (QED) is 0.590. The van der Waals surface area contributed by atoms with Crippen molar-refractivity contribution in [3.8, 4) is 11.7 Å². The highest BCUT2D eigenvalue weighted by atomic mass is 16.5. The lowest BCUT2D eigenvalue weighted by Crippen LogP contribution is -1.85. The Morgan fingerprint density at radius 1 is 1.09 bits per heavy atom. The molecule has 0 aliphatic heterocycles. The van der Waals surface area contributed by atoms with Crippen LogP contribution >= 0.6 is 0 Å². The van der Waals surface area contributed by atoms with E-state index in [1.165, 1.54) is 6.33 Å². The molecule has 11 heavy (non-hydrogen) atoms. The van der Waals surface area contributed by atoms with E-state index in [0.717, 1.165) is 0 Å². The summed E-state index contributed by atoms with van der Waals surface area (Å²) in [4.78, 5) is 11.6. The Labute approximate surface area is 62.1 Å². The van der Waals surface area contributed by atoms with Gasteiger partial charge < -0.3 is 4.52 Å². The first-order valence-electron chi connectivity index (χ1n) is 3.01. The smallest absolute Gasteiger partial charge is 0.295 e. The predicted molar refractivity (Wildman–Crippen MR) is 35.3 cm³/mol. The van der Waals surface area contributed by atoms with Crippen LogP contribution in [0, 0.1) is 0 Å². The van der Waals surface area contributed by atoms with Crippen LogP contribution in [0.3, 0.4) is 0 Å². The van der Waals surface area contributed by atoms with Gasteiger partial charge in [-0.15, -0.1) is 0 Å². The minimum absolute atomic E-state index is 0.339. The van der Waals surface area contributed by atoms with Crippen molar-refractivity contribution in [2.24, 2.45) is 0 Å². The third-order valence-corrected chi connectivity index (χ3v) is 1.12. The van der Waals surface area contributed by atoms with Crippen molar-refractivity contribution in [1.29, 1.82) is 0 Å². The molecule has 5 heteroatoms. The van der Waals surface area contributed by atoms with Gasteiger partial charge in [-0.05, 0) is 6.07 Å². The normalized spacial score (nSPS) is 9.82. The van der Waals surface area contributed by atoms with Crippen LogP contribution in [0.15, 0.2) is 29.3 Å². The van der Waals surface area contributed by atoms with Gasteiger partial charge in [-0.2, -0.15) is 4.98 Å². The minimum atomic E-state index is 0.339. The molecule has 0 saturated carbocycles. The van der Waals surface area contributed by atoms with Crippen LogP contribution in [0.2, 0.25) is 0 Å². The molecule has 0 N–H and O–H groups in total. The summed E-state index contributed by atoms with van der Waals surface area (Å²) >= 11 is 0. The van der Waals surface area contributed by atoms with Crippen LogP contribution in [0.25, 0.3) is 11.7 Å². The molecule has 2 aromatic rings. The van der Waals surface area contributed by atoms with Crippen molar-refractivity contribution in [3.63, 3.8) is 0 Å². The first-order chi connectivity index (χ1) is 5.47. The van der Waals surface area contributed by atoms with Gasteiger partial charge in [-0.1, -0.05) is 5.16 Å². The number of hydrogen-bond donors (Lipinski definition) is 0. The highest BCUT2D eigenvalue weighted by Crippen LogP contribution is 2.06. The van der Waals surface area contributed by atoms with E-state index < -0.39 is 0 Å². The second-order valence-electron chi connectivity index (χ2n) is 1.82. The summed E-state index contributed by atoms with van der Waals surface area (Å²) in [6.45, 7) is 0. The van der Waals surface area contributed by atoms with Gasteiger partial charge in [0.1, 0.15) is 0 Å². The molecule has 5 nitrogen and oxygen atoms in total. The molecule has 0 aliphatic carbocycles. The van der Waals surface area contributed by atoms with Crippen LogP contribution in [-0.4, -0.2) is 20.1 Å².